The van der Waals surface area contributed by atoms with Gasteiger partial charge in [0.05, 0.1) is 24.9 Å². The molecule has 100 valence electrons. The van der Waals surface area contributed by atoms with Crippen molar-refractivity contribution in [3.05, 3.63) is 23.8 Å². The molecule has 5 nitrogen and oxygen atoms in total. The van der Waals surface area contributed by atoms with Gasteiger partial charge in [-0.1, -0.05) is 0 Å². The number of carboxylic acid groups (broad SMARTS) is 1. The SMILES string of the molecule is COc1ccc(C(=O)O)cc1OCCC(C)(C)O. The largest absolute Gasteiger partial charge is 0.493 e. The van der Waals surface area contributed by atoms with Crippen molar-refractivity contribution in [1.82, 2.24) is 0 Å². The average molecular weight is 254 g/mol. The Bertz CT molecular complexity index is 420. The van der Waals surface area contributed by atoms with E-state index < -0.39 is 11.6 Å². The molecule has 0 spiro atoms. The van der Waals surface area contributed by atoms with E-state index in [0.29, 0.717) is 17.9 Å². The monoisotopic (exact) mass is 254 g/mol. The number of methoxy groups -OCH3 is 1. The van der Waals surface area contributed by atoms with Crippen LogP contribution in [0.4, 0.5) is 0 Å². The van der Waals surface area contributed by atoms with Crippen molar-refractivity contribution in [2.45, 2.75) is 25.9 Å². The highest BCUT2D eigenvalue weighted by atomic mass is 16.5. The van der Waals surface area contributed by atoms with E-state index in [-0.39, 0.29) is 12.2 Å². The summed E-state index contributed by atoms with van der Waals surface area (Å²) in [6.07, 6.45) is 0.438. The van der Waals surface area contributed by atoms with Gasteiger partial charge in [0.25, 0.3) is 0 Å². The minimum absolute atomic E-state index is 0.133. The first-order chi connectivity index (χ1) is 8.33. The standard InChI is InChI=1S/C13H18O5/c1-13(2,16)6-7-18-11-8-9(12(14)15)4-5-10(11)17-3/h4-5,8,16H,6-7H2,1-3H3,(H,14,15). The lowest BCUT2D eigenvalue weighted by molar-refractivity contribution is 0.0546. The van der Waals surface area contributed by atoms with Crippen LogP contribution in [0.5, 0.6) is 11.5 Å². The average Bonchev–Trinajstić information content (AvgIpc) is 2.27. The number of aromatic carboxylic acids is 1. The van der Waals surface area contributed by atoms with Crippen molar-refractivity contribution in [3.8, 4) is 11.5 Å². The van der Waals surface area contributed by atoms with Crippen molar-refractivity contribution < 1.29 is 24.5 Å². The lowest BCUT2D eigenvalue weighted by atomic mass is 10.1. The number of benzene rings is 1. The minimum Gasteiger partial charge on any atom is -0.493 e. The molecular formula is C13H18O5. The van der Waals surface area contributed by atoms with E-state index in [9.17, 15) is 9.90 Å². The predicted molar refractivity (Wildman–Crippen MR) is 66.4 cm³/mol. The van der Waals surface area contributed by atoms with Gasteiger partial charge in [0.2, 0.25) is 0 Å². The van der Waals surface area contributed by atoms with Crippen molar-refractivity contribution in [1.29, 1.82) is 0 Å². The minimum atomic E-state index is -1.02. The molecular weight excluding hydrogens is 236 g/mol. The first kappa shape index (κ1) is 14.3. The normalized spacial score (nSPS) is 11.1. The van der Waals surface area contributed by atoms with Crippen LogP contribution in [0, 0.1) is 0 Å². The van der Waals surface area contributed by atoms with E-state index in [4.69, 9.17) is 14.6 Å². The van der Waals surface area contributed by atoms with Crippen LogP contribution in [-0.4, -0.2) is 35.5 Å². The van der Waals surface area contributed by atoms with E-state index in [0.717, 1.165) is 0 Å². The summed E-state index contributed by atoms with van der Waals surface area (Å²) in [5, 5.41) is 18.5. The van der Waals surface area contributed by atoms with Gasteiger partial charge in [0, 0.05) is 6.42 Å². The van der Waals surface area contributed by atoms with Gasteiger partial charge in [-0.2, -0.15) is 0 Å². The molecule has 18 heavy (non-hydrogen) atoms. The zero-order chi connectivity index (χ0) is 13.8. The molecule has 0 aliphatic rings. The molecule has 0 bridgehead atoms. The molecule has 5 heteroatoms. The van der Waals surface area contributed by atoms with Crippen LogP contribution in [0.2, 0.25) is 0 Å². The molecule has 1 aromatic carbocycles. The Morgan fingerprint density at radius 2 is 2.00 bits per heavy atom. The molecule has 0 heterocycles. The van der Waals surface area contributed by atoms with Gasteiger partial charge < -0.3 is 19.7 Å². The molecule has 1 aromatic rings. The van der Waals surface area contributed by atoms with Gasteiger partial charge in [-0.25, -0.2) is 4.79 Å². The first-order valence-electron chi connectivity index (χ1n) is 5.60. The molecule has 0 radical (unpaired) electrons. The summed E-state index contributed by atoms with van der Waals surface area (Å²) >= 11 is 0. The van der Waals surface area contributed by atoms with Crippen molar-refractivity contribution in [2.75, 3.05) is 13.7 Å². The lowest BCUT2D eigenvalue weighted by Crippen LogP contribution is -2.21. The highest BCUT2D eigenvalue weighted by Gasteiger charge is 2.14. The van der Waals surface area contributed by atoms with Crippen molar-refractivity contribution >= 4 is 5.97 Å². The number of hydrogen-bond acceptors (Lipinski definition) is 4. The number of carbonyl (C=O) groups is 1. The Morgan fingerprint density at radius 1 is 1.33 bits per heavy atom. The van der Waals surface area contributed by atoms with Crippen LogP contribution in [0.3, 0.4) is 0 Å². The fourth-order valence-electron chi connectivity index (χ4n) is 1.33. The maximum absolute atomic E-state index is 10.8. The summed E-state index contributed by atoms with van der Waals surface area (Å²) in [5.41, 5.74) is -0.688. The molecule has 0 fully saturated rings. The van der Waals surface area contributed by atoms with Crippen LogP contribution in [0.25, 0.3) is 0 Å². The highest BCUT2D eigenvalue weighted by Crippen LogP contribution is 2.28. The molecule has 0 aliphatic carbocycles. The third kappa shape index (κ3) is 4.25. The van der Waals surface area contributed by atoms with Gasteiger partial charge in [-0.3, -0.25) is 0 Å². The number of ether oxygens (including phenoxy) is 2. The fourth-order valence-corrected chi connectivity index (χ4v) is 1.33. The van der Waals surface area contributed by atoms with E-state index in [1.807, 2.05) is 0 Å². The predicted octanol–water partition coefficient (Wildman–Crippen LogP) is 1.93. The van der Waals surface area contributed by atoms with Crippen LogP contribution in [0.15, 0.2) is 18.2 Å². The van der Waals surface area contributed by atoms with Gasteiger partial charge in [0.1, 0.15) is 0 Å². The van der Waals surface area contributed by atoms with Gasteiger partial charge in [0.15, 0.2) is 11.5 Å². The first-order valence-corrected chi connectivity index (χ1v) is 5.60. The van der Waals surface area contributed by atoms with Gasteiger partial charge in [-0.05, 0) is 32.0 Å². The Labute approximate surface area is 106 Å². The third-order valence-electron chi connectivity index (χ3n) is 2.38. The molecule has 1 rings (SSSR count). The summed E-state index contributed by atoms with van der Waals surface area (Å²) in [5.74, 6) is -0.192. The number of carboxylic acids is 1. The van der Waals surface area contributed by atoms with E-state index in [2.05, 4.69) is 0 Å². The Morgan fingerprint density at radius 3 is 2.50 bits per heavy atom. The van der Waals surface area contributed by atoms with Gasteiger partial charge >= 0.3 is 5.97 Å². The van der Waals surface area contributed by atoms with Crippen LogP contribution >= 0.6 is 0 Å². The van der Waals surface area contributed by atoms with Crippen LogP contribution < -0.4 is 9.47 Å². The smallest absolute Gasteiger partial charge is 0.335 e. The molecule has 0 saturated carbocycles. The van der Waals surface area contributed by atoms with Crippen molar-refractivity contribution in [2.24, 2.45) is 0 Å². The lowest BCUT2D eigenvalue weighted by Gasteiger charge is -2.18. The molecule has 0 unspecified atom stereocenters. The summed E-state index contributed by atoms with van der Waals surface area (Å²) in [6, 6.07) is 4.40. The zero-order valence-corrected chi connectivity index (χ0v) is 10.8. The Balaban J connectivity index is 2.78. The van der Waals surface area contributed by atoms with Crippen LogP contribution in [-0.2, 0) is 0 Å². The highest BCUT2D eigenvalue weighted by molar-refractivity contribution is 5.88. The number of rotatable bonds is 6. The summed E-state index contributed by atoms with van der Waals surface area (Å²) in [7, 11) is 1.48. The zero-order valence-electron chi connectivity index (χ0n) is 10.8. The topological polar surface area (TPSA) is 76.0 Å². The van der Waals surface area contributed by atoms with Crippen molar-refractivity contribution in [3.63, 3.8) is 0 Å². The number of hydrogen-bond donors (Lipinski definition) is 2. The second kappa shape index (κ2) is 5.73. The molecule has 0 aliphatic heterocycles. The summed E-state index contributed by atoms with van der Waals surface area (Å²) in [4.78, 5) is 10.8. The third-order valence-corrected chi connectivity index (χ3v) is 2.38. The molecule has 0 amide bonds. The molecule has 2 N–H and O–H groups in total. The van der Waals surface area contributed by atoms with Crippen LogP contribution in [0.1, 0.15) is 30.6 Å². The number of aliphatic hydroxyl groups is 1. The molecule has 0 aromatic heterocycles. The quantitative estimate of drug-likeness (QED) is 0.811. The maximum Gasteiger partial charge on any atom is 0.335 e. The maximum atomic E-state index is 10.8. The summed E-state index contributed by atoms with van der Waals surface area (Å²) < 4.78 is 10.5. The second-order valence-electron chi connectivity index (χ2n) is 4.58. The Hall–Kier alpha value is -1.75. The van der Waals surface area contributed by atoms with E-state index in [1.165, 1.54) is 19.2 Å². The second-order valence-corrected chi connectivity index (χ2v) is 4.58. The summed E-state index contributed by atoms with van der Waals surface area (Å²) in [6.45, 7) is 3.64. The molecule has 0 atom stereocenters. The fraction of sp³-hybridized carbons (Fsp3) is 0.462. The van der Waals surface area contributed by atoms with E-state index >= 15 is 0 Å². The van der Waals surface area contributed by atoms with E-state index in [1.54, 1.807) is 19.9 Å². The molecule has 0 saturated heterocycles. The van der Waals surface area contributed by atoms with Gasteiger partial charge in [-0.15, -0.1) is 0 Å². The Kier molecular flexibility index (Phi) is 4.55.